The maximum Gasteiger partial charge on any atom is 0.176 e. The van der Waals surface area contributed by atoms with Gasteiger partial charge in [0, 0.05) is 51.8 Å². The average molecular weight is 1140 g/mol. The van der Waals surface area contributed by atoms with Crippen molar-refractivity contribution in [2.75, 3.05) is 56.1 Å². The molecule has 0 aromatic carbocycles. The second kappa shape index (κ2) is 30.2. The van der Waals surface area contributed by atoms with Crippen LogP contribution in [0.3, 0.4) is 0 Å². The average Bonchev–Trinajstić information content (AvgIpc) is 4.01. The summed E-state index contributed by atoms with van der Waals surface area (Å²) in [5.41, 5.74) is 26.8. The monoisotopic (exact) mass is 1140 g/mol. The standard InChI is InChI=1S/C36H70N4O8.C25H48N2O5/c1-14-24-20(5)21(6)27(38)35(43-24)48-31-23(37)16-18(3)19(4)30(31)47-34-22(7)29(25(15-2)44-34)46-36-28(40(10)11)33(42-13)32(41-12)26(45-36)17-39(8)9;1-9-18-14(5)15(6)20(27)25(29-18)32-23-17(26)11-12(3)13(4)22(23)31-24-16(7)21(28-8)19(10-2)30-24/h18-36H,14-17,37-38H2,1-13H3;12-25H,9-11,26-27H2,1-8H3. The fourth-order valence-electron chi connectivity index (χ4n) is 14.5. The van der Waals surface area contributed by atoms with Gasteiger partial charge in [0.15, 0.2) is 31.5 Å². The summed E-state index contributed by atoms with van der Waals surface area (Å²) in [4.78, 5) is 4.20. The van der Waals surface area contributed by atoms with Gasteiger partial charge < -0.3 is 89.4 Å². The van der Waals surface area contributed by atoms with Crippen LogP contribution in [-0.2, 0) is 61.6 Å². The van der Waals surface area contributed by atoms with Gasteiger partial charge >= 0.3 is 0 Å². The Morgan fingerprint density at radius 2 is 0.713 bits per heavy atom. The molecule has 33 atom stereocenters. The zero-order valence-corrected chi connectivity index (χ0v) is 53.5. The number of rotatable bonds is 20. The first-order valence-electron chi connectivity index (χ1n) is 31.3. The van der Waals surface area contributed by atoms with Crippen LogP contribution in [0, 0.1) is 59.2 Å². The van der Waals surface area contributed by atoms with Crippen molar-refractivity contribution in [2.45, 2.75) is 276 Å². The number of ether oxygens (including phenoxy) is 13. The lowest BCUT2D eigenvalue weighted by atomic mass is 9.75. The molecule has 7 rings (SSSR count). The number of methoxy groups -OCH3 is 3. The van der Waals surface area contributed by atoms with E-state index in [2.05, 4.69) is 107 Å². The van der Waals surface area contributed by atoms with E-state index < -0.39 is 25.2 Å². The van der Waals surface area contributed by atoms with Crippen molar-refractivity contribution in [3.63, 3.8) is 0 Å². The van der Waals surface area contributed by atoms with Crippen molar-refractivity contribution in [2.24, 2.45) is 82.1 Å². The van der Waals surface area contributed by atoms with Crippen LogP contribution < -0.4 is 22.9 Å². The molecule has 7 aliphatic rings. The minimum atomic E-state index is -0.566. The SMILES string of the molecule is CCC1OC(OC2C(N)CC(C)C(C)C2OC2OC(CC)C(OC)C2C)C(N)C(C)C1C.CCC1OC(OC2C(N)CC(C)C(C)C2OC2OC(CC)C(OC3OC(CN(C)C)C(OC)C(OC)C3N(C)C)C2C)C(N)C(C)C1C. The van der Waals surface area contributed by atoms with Crippen molar-refractivity contribution >= 4 is 0 Å². The molecule has 8 N–H and O–H groups in total. The molecule has 2 saturated carbocycles. The molecule has 0 radical (unpaired) electrons. The summed E-state index contributed by atoms with van der Waals surface area (Å²) in [6.07, 6.45) is 0.667. The Hall–Kier alpha value is -0.760. The Kier molecular flexibility index (Phi) is 25.8. The quantitative estimate of drug-likeness (QED) is 0.107. The van der Waals surface area contributed by atoms with E-state index in [1.54, 1.807) is 21.3 Å². The minimum absolute atomic E-state index is 0.0251. The molecule has 0 spiro atoms. The van der Waals surface area contributed by atoms with Crippen molar-refractivity contribution in [1.29, 1.82) is 0 Å². The third kappa shape index (κ3) is 15.0. The topological polar surface area (TPSA) is 231 Å². The first-order valence-corrected chi connectivity index (χ1v) is 31.3. The lowest BCUT2D eigenvalue weighted by Crippen LogP contribution is -2.66. The minimum Gasteiger partial charge on any atom is -0.378 e. The number of hydrogen-bond acceptors (Lipinski definition) is 19. The number of nitrogens with zero attached hydrogens (tertiary/aromatic N) is 2. The van der Waals surface area contributed by atoms with Crippen LogP contribution >= 0.6 is 0 Å². The van der Waals surface area contributed by atoms with Gasteiger partial charge in [-0.2, -0.15) is 0 Å². The van der Waals surface area contributed by atoms with Crippen LogP contribution in [0.2, 0.25) is 0 Å². The summed E-state index contributed by atoms with van der Waals surface area (Å²) in [6.45, 7) is 31.2. The smallest absolute Gasteiger partial charge is 0.176 e. The lowest BCUT2D eigenvalue weighted by molar-refractivity contribution is -0.303. The Bertz CT molecular complexity index is 1810. The largest absolute Gasteiger partial charge is 0.378 e. The molecule has 5 saturated heterocycles. The molecule has 0 aromatic rings. The summed E-state index contributed by atoms with van der Waals surface area (Å²) in [6, 6.07) is -1.01. The molecule has 5 aliphatic heterocycles. The number of hydrogen-bond donors (Lipinski definition) is 4. The van der Waals surface area contributed by atoms with Gasteiger partial charge in [0.1, 0.15) is 30.5 Å². The molecule has 470 valence electrons. The third-order valence-corrected chi connectivity index (χ3v) is 20.8. The van der Waals surface area contributed by atoms with E-state index in [4.69, 9.17) is 84.5 Å². The fourth-order valence-corrected chi connectivity index (χ4v) is 14.5. The van der Waals surface area contributed by atoms with Gasteiger partial charge in [-0.3, -0.25) is 4.90 Å². The molecular formula is C61H118N6O13. The molecule has 5 heterocycles. The molecule has 2 aliphatic carbocycles. The number of nitrogens with two attached hydrogens (primary N) is 4. The van der Waals surface area contributed by atoms with Gasteiger partial charge in [0.25, 0.3) is 0 Å². The van der Waals surface area contributed by atoms with E-state index in [-0.39, 0.29) is 145 Å². The Morgan fingerprint density at radius 3 is 1.07 bits per heavy atom. The highest BCUT2D eigenvalue weighted by molar-refractivity contribution is 5.01. The molecular weight excluding hydrogens is 1020 g/mol. The van der Waals surface area contributed by atoms with Gasteiger partial charge in [0.05, 0.1) is 67.0 Å². The predicted octanol–water partition coefficient (Wildman–Crippen LogP) is 6.18. The van der Waals surface area contributed by atoms with Crippen LogP contribution in [0.1, 0.15) is 135 Å². The van der Waals surface area contributed by atoms with Crippen LogP contribution in [-0.4, -0.2) is 207 Å². The van der Waals surface area contributed by atoms with Crippen LogP contribution in [0.25, 0.3) is 0 Å². The van der Waals surface area contributed by atoms with Crippen LogP contribution in [0.4, 0.5) is 0 Å². The highest BCUT2D eigenvalue weighted by Crippen LogP contribution is 2.44. The summed E-state index contributed by atoms with van der Waals surface area (Å²) in [7, 11) is 13.3. The molecule has 0 amide bonds. The Morgan fingerprint density at radius 1 is 0.362 bits per heavy atom. The van der Waals surface area contributed by atoms with Crippen molar-refractivity contribution in [3.05, 3.63) is 0 Å². The summed E-state index contributed by atoms with van der Waals surface area (Å²) < 4.78 is 84.2. The van der Waals surface area contributed by atoms with Crippen molar-refractivity contribution in [3.8, 4) is 0 Å². The van der Waals surface area contributed by atoms with Crippen LogP contribution in [0.5, 0.6) is 0 Å². The van der Waals surface area contributed by atoms with Gasteiger partial charge in [-0.25, -0.2) is 0 Å². The Balaban J connectivity index is 0.000000280. The normalized spacial score (nSPS) is 50.2. The first kappa shape index (κ1) is 68.4. The molecule has 80 heavy (non-hydrogen) atoms. The third-order valence-electron chi connectivity index (χ3n) is 20.8. The molecule has 7 fully saturated rings. The van der Waals surface area contributed by atoms with Crippen LogP contribution in [0.15, 0.2) is 0 Å². The van der Waals surface area contributed by atoms with E-state index in [9.17, 15) is 0 Å². The second-order valence-electron chi connectivity index (χ2n) is 26.4. The summed E-state index contributed by atoms with van der Waals surface area (Å²) in [5.74, 6) is 2.58. The summed E-state index contributed by atoms with van der Waals surface area (Å²) in [5, 5.41) is 0. The van der Waals surface area contributed by atoms with E-state index in [0.29, 0.717) is 36.1 Å². The summed E-state index contributed by atoms with van der Waals surface area (Å²) >= 11 is 0. The first-order chi connectivity index (χ1) is 37.8. The lowest BCUT2D eigenvalue weighted by Gasteiger charge is -2.49. The van der Waals surface area contributed by atoms with Gasteiger partial charge in [0.2, 0.25) is 0 Å². The van der Waals surface area contributed by atoms with Gasteiger partial charge in [-0.15, -0.1) is 0 Å². The van der Waals surface area contributed by atoms with E-state index >= 15 is 0 Å². The van der Waals surface area contributed by atoms with E-state index in [1.165, 1.54) is 0 Å². The second-order valence-corrected chi connectivity index (χ2v) is 26.4. The molecule has 33 unspecified atom stereocenters. The van der Waals surface area contributed by atoms with E-state index in [0.717, 1.165) is 38.5 Å². The van der Waals surface area contributed by atoms with Gasteiger partial charge in [-0.05, 0) is 114 Å². The maximum absolute atomic E-state index is 6.98. The highest BCUT2D eigenvalue weighted by Gasteiger charge is 2.55. The van der Waals surface area contributed by atoms with Crippen molar-refractivity contribution < 1.29 is 61.6 Å². The van der Waals surface area contributed by atoms with Gasteiger partial charge in [-0.1, -0.05) is 96.9 Å². The highest BCUT2D eigenvalue weighted by atomic mass is 16.8. The molecule has 0 aromatic heterocycles. The zero-order valence-electron chi connectivity index (χ0n) is 53.5. The number of likely N-dealkylation sites (N-methyl/N-ethyl adjacent to an activating group) is 2. The molecule has 19 nitrogen and oxygen atoms in total. The van der Waals surface area contributed by atoms with Crippen molar-refractivity contribution in [1.82, 2.24) is 9.80 Å². The predicted molar refractivity (Wildman–Crippen MR) is 310 cm³/mol. The van der Waals surface area contributed by atoms with E-state index in [1.807, 2.05) is 28.2 Å². The maximum atomic E-state index is 6.98. The fraction of sp³-hybridized carbons (Fsp3) is 1.00. The molecule has 19 heteroatoms. The Labute approximate surface area is 484 Å². The molecule has 0 bridgehead atoms. The zero-order chi connectivity index (χ0) is 59.3.